The number of carbonyl (C=O) groups excluding carboxylic acids is 1. The molecule has 0 saturated carbocycles. The van der Waals surface area contributed by atoms with E-state index in [1.165, 1.54) is 0 Å². The summed E-state index contributed by atoms with van der Waals surface area (Å²) in [6.45, 7) is 3.78. The standard InChI is InChI=1S/C25H19N5O.C4H9NO/c1-16-25(30-15-4-3-7-23(30)28-16)19-10-13-22(26)29-20(19)11-8-17-9-12-21(31-2)24-18(17)6-5-14-27-24;1-4(3-6)5-2/h3-7,9-10,12-15H,1-2H3,(H2,26,29);3-5H,1-2H3. The first kappa shape index (κ1) is 25.4. The number of aryl methyl sites for hydroxylation is 1. The van der Waals surface area contributed by atoms with Crippen molar-refractivity contribution >= 4 is 28.7 Å². The van der Waals surface area contributed by atoms with Crippen LogP contribution in [0.25, 0.3) is 27.8 Å². The lowest BCUT2D eigenvalue weighted by atomic mass is 10.1. The number of hydrogen-bond acceptors (Lipinski definition) is 7. The molecule has 1 unspecified atom stereocenters. The van der Waals surface area contributed by atoms with Gasteiger partial charge in [0.1, 0.15) is 34.7 Å². The number of likely N-dealkylation sites (N-methyl/N-ethyl adjacent to an activating group) is 1. The van der Waals surface area contributed by atoms with Crippen molar-refractivity contribution in [2.24, 2.45) is 0 Å². The Bertz CT molecular complexity index is 1630. The van der Waals surface area contributed by atoms with Crippen molar-refractivity contribution in [3.05, 3.63) is 83.9 Å². The van der Waals surface area contributed by atoms with Crippen LogP contribution in [0.15, 0.2) is 67.0 Å². The first-order chi connectivity index (χ1) is 18.0. The van der Waals surface area contributed by atoms with Gasteiger partial charge in [-0.3, -0.25) is 9.38 Å². The summed E-state index contributed by atoms with van der Waals surface area (Å²) in [6.07, 6.45) is 4.59. The minimum Gasteiger partial charge on any atom is -0.494 e. The van der Waals surface area contributed by atoms with Crippen LogP contribution in [0.4, 0.5) is 5.82 Å². The Morgan fingerprint density at radius 3 is 2.65 bits per heavy atom. The number of nitrogens with one attached hydrogen (secondary N) is 1. The smallest absolute Gasteiger partial charge is 0.145 e. The summed E-state index contributed by atoms with van der Waals surface area (Å²) in [5.74, 6) is 7.62. The lowest BCUT2D eigenvalue weighted by molar-refractivity contribution is -0.109. The molecular formula is C29H28N6O2. The molecule has 37 heavy (non-hydrogen) atoms. The van der Waals surface area contributed by atoms with Gasteiger partial charge in [0.2, 0.25) is 0 Å². The maximum atomic E-state index is 9.67. The molecule has 8 nitrogen and oxygen atoms in total. The minimum absolute atomic E-state index is 0.00463. The molecule has 0 amide bonds. The number of carbonyl (C=O) groups is 1. The van der Waals surface area contributed by atoms with E-state index in [1.807, 2.05) is 66.1 Å². The number of nitrogens with zero attached hydrogens (tertiary/aromatic N) is 4. The number of aldehydes is 1. The molecule has 8 heteroatoms. The average molecular weight is 493 g/mol. The van der Waals surface area contributed by atoms with Gasteiger partial charge < -0.3 is 20.6 Å². The molecular weight excluding hydrogens is 464 g/mol. The van der Waals surface area contributed by atoms with Crippen LogP contribution < -0.4 is 15.8 Å². The third-order valence-electron chi connectivity index (χ3n) is 5.80. The number of aromatic nitrogens is 4. The molecule has 1 aromatic carbocycles. The van der Waals surface area contributed by atoms with Gasteiger partial charge in [-0.1, -0.05) is 12.0 Å². The van der Waals surface area contributed by atoms with Crippen LogP contribution >= 0.6 is 0 Å². The molecule has 3 N–H and O–H groups in total. The zero-order chi connectivity index (χ0) is 26.4. The number of rotatable bonds is 4. The lowest BCUT2D eigenvalue weighted by Gasteiger charge is -2.07. The molecule has 0 bridgehead atoms. The Morgan fingerprint density at radius 1 is 1.08 bits per heavy atom. The van der Waals surface area contributed by atoms with E-state index in [9.17, 15) is 4.79 Å². The first-order valence-electron chi connectivity index (χ1n) is 11.7. The van der Waals surface area contributed by atoms with Gasteiger partial charge in [0.25, 0.3) is 0 Å². The molecule has 4 aromatic heterocycles. The number of hydrogen-bond donors (Lipinski definition) is 2. The second kappa shape index (κ2) is 11.3. The highest BCUT2D eigenvalue weighted by Crippen LogP contribution is 2.29. The van der Waals surface area contributed by atoms with Crippen LogP contribution in [0.3, 0.4) is 0 Å². The maximum Gasteiger partial charge on any atom is 0.145 e. The van der Waals surface area contributed by atoms with Gasteiger partial charge in [-0.2, -0.15) is 0 Å². The summed E-state index contributed by atoms with van der Waals surface area (Å²) < 4.78 is 7.48. The van der Waals surface area contributed by atoms with Crippen molar-refractivity contribution in [3.8, 4) is 28.8 Å². The molecule has 4 heterocycles. The van der Waals surface area contributed by atoms with E-state index in [4.69, 9.17) is 10.5 Å². The van der Waals surface area contributed by atoms with E-state index in [2.05, 4.69) is 32.1 Å². The lowest BCUT2D eigenvalue weighted by Crippen LogP contribution is -2.21. The van der Waals surface area contributed by atoms with Crippen LogP contribution in [-0.4, -0.2) is 45.8 Å². The molecule has 0 aliphatic rings. The number of fused-ring (bicyclic) bond motifs is 2. The molecule has 0 radical (unpaired) electrons. The Morgan fingerprint density at radius 2 is 1.92 bits per heavy atom. The fourth-order valence-corrected chi connectivity index (χ4v) is 3.81. The summed E-state index contributed by atoms with van der Waals surface area (Å²) in [6, 6.07) is 17.3. The van der Waals surface area contributed by atoms with Gasteiger partial charge >= 0.3 is 0 Å². The van der Waals surface area contributed by atoms with Crippen LogP contribution in [0.5, 0.6) is 5.75 Å². The van der Waals surface area contributed by atoms with Gasteiger partial charge in [-0.15, -0.1) is 0 Å². The number of nitrogen functional groups attached to an aromatic ring is 1. The Labute approximate surface area is 215 Å². The van der Waals surface area contributed by atoms with Crippen molar-refractivity contribution < 1.29 is 9.53 Å². The van der Waals surface area contributed by atoms with E-state index in [0.717, 1.165) is 45.4 Å². The number of nitrogens with two attached hydrogens (primary N) is 1. The van der Waals surface area contributed by atoms with Crippen molar-refractivity contribution in [3.63, 3.8) is 0 Å². The average Bonchev–Trinajstić information content (AvgIpc) is 3.27. The SMILES string of the molecule is CNC(C)C=O.COc1ccc(C#Cc2nc(N)ccc2-c2c(C)nc3ccccn23)c2cccnc12. The van der Waals surface area contributed by atoms with Crippen molar-refractivity contribution in [2.45, 2.75) is 19.9 Å². The summed E-state index contributed by atoms with van der Waals surface area (Å²) in [4.78, 5) is 23.3. The number of pyridine rings is 3. The largest absolute Gasteiger partial charge is 0.494 e. The quantitative estimate of drug-likeness (QED) is 0.288. The zero-order valence-electron chi connectivity index (χ0n) is 21.2. The third kappa shape index (κ3) is 5.42. The fourth-order valence-electron chi connectivity index (χ4n) is 3.81. The molecule has 0 fully saturated rings. The highest BCUT2D eigenvalue weighted by Gasteiger charge is 2.15. The minimum atomic E-state index is 0.00463. The molecule has 0 spiro atoms. The van der Waals surface area contributed by atoms with Crippen LogP contribution in [0.2, 0.25) is 0 Å². The topological polar surface area (TPSA) is 107 Å². The van der Waals surface area contributed by atoms with E-state index in [1.54, 1.807) is 33.3 Å². The number of imidazole rings is 1. The third-order valence-corrected chi connectivity index (χ3v) is 5.80. The molecule has 0 aliphatic carbocycles. The van der Waals surface area contributed by atoms with Crippen LogP contribution in [0.1, 0.15) is 23.9 Å². The second-order valence-electron chi connectivity index (χ2n) is 8.29. The highest BCUT2D eigenvalue weighted by molar-refractivity contribution is 5.90. The normalized spacial score (nSPS) is 11.2. The van der Waals surface area contributed by atoms with Crippen LogP contribution in [-0.2, 0) is 4.79 Å². The van der Waals surface area contributed by atoms with Gasteiger partial charge in [0.05, 0.1) is 24.5 Å². The van der Waals surface area contributed by atoms with Crippen LogP contribution in [0, 0.1) is 18.8 Å². The zero-order valence-corrected chi connectivity index (χ0v) is 21.2. The monoisotopic (exact) mass is 492 g/mol. The van der Waals surface area contributed by atoms with E-state index >= 15 is 0 Å². The highest BCUT2D eigenvalue weighted by atomic mass is 16.5. The van der Waals surface area contributed by atoms with Gasteiger partial charge in [-0.25, -0.2) is 9.97 Å². The molecule has 5 aromatic rings. The Balaban J connectivity index is 0.000000480. The predicted octanol–water partition coefficient (Wildman–Crippen LogP) is 4.04. The molecule has 186 valence electrons. The Hall–Kier alpha value is -4.74. The van der Waals surface area contributed by atoms with Crippen molar-refractivity contribution in [1.82, 2.24) is 24.7 Å². The Kier molecular flexibility index (Phi) is 7.77. The van der Waals surface area contributed by atoms with Crippen molar-refractivity contribution in [1.29, 1.82) is 0 Å². The molecule has 0 saturated heterocycles. The molecule has 0 aliphatic heterocycles. The number of anilines is 1. The molecule has 5 rings (SSSR count). The summed E-state index contributed by atoms with van der Waals surface area (Å²) in [7, 11) is 3.38. The van der Waals surface area contributed by atoms with Gasteiger partial charge in [0, 0.05) is 28.9 Å². The summed E-state index contributed by atoms with van der Waals surface area (Å²) in [5.41, 5.74) is 11.8. The first-order valence-corrected chi connectivity index (χ1v) is 11.7. The summed E-state index contributed by atoms with van der Waals surface area (Å²) in [5, 5.41) is 3.67. The van der Waals surface area contributed by atoms with E-state index in [-0.39, 0.29) is 6.04 Å². The van der Waals surface area contributed by atoms with E-state index in [0.29, 0.717) is 17.3 Å². The van der Waals surface area contributed by atoms with E-state index < -0.39 is 0 Å². The second-order valence-corrected chi connectivity index (χ2v) is 8.29. The summed E-state index contributed by atoms with van der Waals surface area (Å²) >= 11 is 0. The van der Waals surface area contributed by atoms with Gasteiger partial charge in [0.15, 0.2) is 0 Å². The molecule has 1 atom stereocenters. The number of benzene rings is 1. The van der Waals surface area contributed by atoms with Crippen molar-refractivity contribution in [2.75, 3.05) is 19.9 Å². The maximum absolute atomic E-state index is 9.67. The predicted molar refractivity (Wildman–Crippen MR) is 146 cm³/mol. The van der Waals surface area contributed by atoms with Gasteiger partial charge in [-0.05, 0) is 75.3 Å². The number of methoxy groups -OCH3 is 1. The fraction of sp³-hybridized carbons (Fsp3) is 0.172. The number of ether oxygens (including phenoxy) is 1.